The lowest BCUT2D eigenvalue weighted by Crippen LogP contribution is -2.50. The van der Waals surface area contributed by atoms with E-state index in [9.17, 15) is 4.79 Å². The molecular weight excluding hydrogens is 476 g/mol. The normalized spacial score (nSPS) is 16.4. The van der Waals surface area contributed by atoms with E-state index >= 15 is 0 Å². The van der Waals surface area contributed by atoms with Crippen LogP contribution in [0, 0.1) is 0 Å². The van der Waals surface area contributed by atoms with Crippen molar-refractivity contribution < 1.29 is 4.79 Å². The van der Waals surface area contributed by atoms with Crippen LogP contribution in [0.4, 0.5) is 0 Å². The number of rotatable bonds is 9. The lowest BCUT2D eigenvalue weighted by atomic mass is 9.80. The Balaban J connectivity index is 1.17. The molecule has 3 aromatic rings. The van der Waals surface area contributed by atoms with E-state index in [1.54, 1.807) is 0 Å². The maximum atomic E-state index is 12.4. The van der Waals surface area contributed by atoms with Crippen molar-refractivity contribution in [2.75, 3.05) is 40.3 Å². The number of amides is 1. The summed E-state index contributed by atoms with van der Waals surface area (Å²) >= 11 is 3.51. The highest BCUT2D eigenvalue weighted by molar-refractivity contribution is 9.10. The number of halogens is 1. The minimum Gasteiger partial charge on any atom is -0.361 e. The summed E-state index contributed by atoms with van der Waals surface area (Å²) in [6.45, 7) is 4.08. The highest BCUT2D eigenvalue weighted by Crippen LogP contribution is 2.37. The summed E-state index contributed by atoms with van der Waals surface area (Å²) in [6, 6.07) is 17.0. The van der Waals surface area contributed by atoms with Crippen molar-refractivity contribution in [3.63, 3.8) is 0 Å². The zero-order valence-electron chi connectivity index (χ0n) is 19.7. The molecule has 5 nitrogen and oxygen atoms in total. The van der Waals surface area contributed by atoms with Crippen molar-refractivity contribution in [2.45, 2.75) is 37.6 Å². The van der Waals surface area contributed by atoms with Crippen LogP contribution in [0.2, 0.25) is 0 Å². The van der Waals surface area contributed by atoms with E-state index in [1.807, 2.05) is 18.3 Å². The van der Waals surface area contributed by atoms with E-state index < -0.39 is 0 Å². The summed E-state index contributed by atoms with van der Waals surface area (Å²) in [5.74, 6) is 0.0903. The van der Waals surface area contributed by atoms with Gasteiger partial charge in [0.2, 0.25) is 5.91 Å². The van der Waals surface area contributed by atoms with Crippen LogP contribution in [0.5, 0.6) is 0 Å². The van der Waals surface area contributed by atoms with Crippen LogP contribution in [-0.2, 0) is 16.8 Å². The summed E-state index contributed by atoms with van der Waals surface area (Å²) in [4.78, 5) is 20.7. The van der Waals surface area contributed by atoms with Gasteiger partial charge in [0, 0.05) is 46.7 Å². The van der Waals surface area contributed by atoms with Gasteiger partial charge in [-0.25, -0.2) is 0 Å². The zero-order chi connectivity index (χ0) is 23.3. The standard InChI is InChI=1S/C27H35BrN4O/c1-31(2)27(22-8-4-3-5-9-22)12-16-32(17-13-27)15-7-6-14-29-26(33)18-21-20-30-25-11-10-23(28)19-24(21)25/h3-5,8-11,19-20,30H,6-7,12-18H2,1-2H3,(H,29,33). The molecule has 0 radical (unpaired) electrons. The Kier molecular flexibility index (Phi) is 7.89. The number of aromatic amines is 1. The van der Waals surface area contributed by atoms with Crippen LogP contribution in [0.25, 0.3) is 10.9 Å². The molecule has 1 aromatic heterocycles. The first-order valence-corrected chi connectivity index (χ1v) is 12.7. The molecule has 1 aliphatic heterocycles. The van der Waals surface area contributed by atoms with Crippen molar-refractivity contribution in [3.05, 3.63) is 70.3 Å². The number of H-pyrrole nitrogens is 1. The van der Waals surface area contributed by atoms with E-state index in [0.29, 0.717) is 6.42 Å². The summed E-state index contributed by atoms with van der Waals surface area (Å²) in [5.41, 5.74) is 3.68. The fourth-order valence-electron chi connectivity index (χ4n) is 5.11. The Labute approximate surface area is 205 Å². The van der Waals surface area contributed by atoms with Gasteiger partial charge in [0.1, 0.15) is 0 Å². The number of likely N-dealkylation sites (tertiary alicyclic amines) is 1. The van der Waals surface area contributed by atoms with Crippen molar-refractivity contribution in [1.82, 2.24) is 20.1 Å². The molecule has 0 atom stereocenters. The fraction of sp³-hybridized carbons (Fsp3) is 0.444. The van der Waals surface area contributed by atoms with Crippen LogP contribution < -0.4 is 5.32 Å². The van der Waals surface area contributed by atoms with E-state index in [2.05, 4.69) is 86.5 Å². The summed E-state index contributed by atoms with van der Waals surface area (Å²) in [6.07, 6.45) is 6.79. The number of nitrogens with zero attached hydrogens (tertiary/aromatic N) is 2. The first-order valence-electron chi connectivity index (χ1n) is 12.0. The molecule has 0 aliphatic carbocycles. The summed E-state index contributed by atoms with van der Waals surface area (Å²) < 4.78 is 1.03. The fourth-order valence-corrected chi connectivity index (χ4v) is 5.47. The number of carbonyl (C=O) groups is 1. The molecule has 0 spiro atoms. The van der Waals surface area contributed by atoms with Gasteiger partial charge in [-0.3, -0.25) is 9.69 Å². The molecule has 4 rings (SSSR count). The molecule has 1 aliphatic rings. The van der Waals surface area contributed by atoms with Gasteiger partial charge in [0.15, 0.2) is 0 Å². The van der Waals surface area contributed by atoms with Gasteiger partial charge in [-0.2, -0.15) is 0 Å². The predicted octanol–water partition coefficient (Wildman–Crippen LogP) is 4.92. The molecule has 2 N–H and O–H groups in total. The zero-order valence-corrected chi connectivity index (χ0v) is 21.3. The average Bonchev–Trinajstić information content (AvgIpc) is 3.21. The Morgan fingerprint density at radius 3 is 2.61 bits per heavy atom. The number of hydrogen-bond acceptors (Lipinski definition) is 3. The molecule has 1 saturated heterocycles. The summed E-state index contributed by atoms with van der Waals surface area (Å²) in [7, 11) is 4.42. The number of hydrogen-bond donors (Lipinski definition) is 2. The van der Waals surface area contributed by atoms with Crippen molar-refractivity contribution in [1.29, 1.82) is 0 Å². The molecule has 1 amide bonds. The number of aromatic nitrogens is 1. The minimum absolute atomic E-state index is 0.0903. The Hall–Kier alpha value is -2.15. The lowest BCUT2D eigenvalue weighted by molar-refractivity contribution is -0.120. The van der Waals surface area contributed by atoms with Gasteiger partial charge in [0.05, 0.1) is 6.42 Å². The number of benzene rings is 2. The maximum Gasteiger partial charge on any atom is 0.224 e. The molecule has 176 valence electrons. The second-order valence-electron chi connectivity index (χ2n) is 9.37. The molecule has 2 aromatic carbocycles. The highest BCUT2D eigenvalue weighted by atomic mass is 79.9. The molecule has 1 fully saturated rings. The Bertz CT molecular complexity index is 1050. The van der Waals surface area contributed by atoms with Crippen LogP contribution in [-0.4, -0.2) is 61.0 Å². The van der Waals surface area contributed by atoms with Crippen LogP contribution in [0.15, 0.2) is 59.2 Å². The Morgan fingerprint density at radius 1 is 1.12 bits per heavy atom. The van der Waals surface area contributed by atoms with Crippen molar-refractivity contribution in [3.8, 4) is 0 Å². The van der Waals surface area contributed by atoms with Gasteiger partial charge < -0.3 is 15.2 Å². The number of carbonyl (C=O) groups excluding carboxylic acids is 1. The number of piperidine rings is 1. The predicted molar refractivity (Wildman–Crippen MR) is 139 cm³/mol. The third kappa shape index (κ3) is 5.68. The average molecular weight is 512 g/mol. The number of unbranched alkanes of at least 4 members (excludes halogenated alkanes) is 1. The molecule has 0 unspecified atom stereocenters. The Morgan fingerprint density at radius 2 is 1.88 bits per heavy atom. The van der Waals surface area contributed by atoms with Gasteiger partial charge in [0.25, 0.3) is 0 Å². The number of nitrogens with one attached hydrogen (secondary N) is 2. The maximum absolute atomic E-state index is 12.4. The molecule has 33 heavy (non-hydrogen) atoms. The van der Waals surface area contributed by atoms with Gasteiger partial charge in [-0.15, -0.1) is 0 Å². The van der Waals surface area contributed by atoms with E-state index in [-0.39, 0.29) is 11.4 Å². The summed E-state index contributed by atoms with van der Waals surface area (Å²) in [5, 5.41) is 4.20. The first-order chi connectivity index (χ1) is 16.0. The third-order valence-corrected chi connectivity index (χ3v) is 7.65. The quantitative estimate of drug-likeness (QED) is 0.401. The van der Waals surface area contributed by atoms with Gasteiger partial charge in [-0.1, -0.05) is 46.3 Å². The lowest BCUT2D eigenvalue weighted by Gasteiger charge is -2.46. The largest absolute Gasteiger partial charge is 0.361 e. The monoisotopic (exact) mass is 510 g/mol. The molecular formula is C27H35BrN4O. The first kappa shape index (κ1) is 24.0. The SMILES string of the molecule is CN(C)C1(c2ccccc2)CCN(CCCCNC(=O)Cc2c[nH]c3ccc(Br)cc23)CC1. The van der Waals surface area contributed by atoms with E-state index in [1.165, 1.54) is 5.56 Å². The van der Waals surface area contributed by atoms with E-state index in [0.717, 1.165) is 72.8 Å². The third-order valence-electron chi connectivity index (χ3n) is 7.15. The second-order valence-corrected chi connectivity index (χ2v) is 10.3. The second kappa shape index (κ2) is 10.9. The van der Waals surface area contributed by atoms with Crippen molar-refractivity contribution >= 4 is 32.7 Å². The van der Waals surface area contributed by atoms with E-state index in [4.69, 9.17) is 0 Å². The topological polar surface area (TPSA) is 51.4 Å². The van der Waals surface area contributed by atoms with Gasteiger partial charge in [-0.05, 0) is 75.6 Å². The van der Waals surface area contributed by atoms with Crippen LogP contribution in [0.1, 0.15) is 36.8 Å². The molecule has 0 saturated carbocycles. The molecule has 2 heterocycles. The molecule has 0 bridgehead atoms. The van der Waals surface area contributed by atoms with Crippen molar-refractivity contribution in [2.24, 2.45) is 0 Å². The molecule has 6 heteroatoms. The highest BCUT2D eigenvalue weighted by Gasteiger charge is 2.37. The minimum atomic E-state index is 0.0903. The number of fused-ring (bicyclic) bond motifs is 1. The van der Waals surface area contributed by atoms with Crippen LogP contribution in [0.3, 0.4) is 0 Å². The smallest absolute Gasteiger partial charge is 0.224 e. The van der Waals surface area contributed by atoms with Gasteiger partial charge >= 0.3 is 0 Å². The van der Waals surface area contributed by atoms with Crippen LogP contribution >= 0.6 is 15.9 Å².